The molecule has 1 aromatic heterocycles. The highest BCUT2D eigenvalue weighted by molar-refractivity contribution is 6.08. The van der Waals surface area contributed by atoms with E-state index in [0.29, 0.717) is 27.6 Å². The molecule has 0 radical (unpaired) electrons. The van der Waals surface area contributed by atoms with E-state index in [2.05, 4.69) is 20.2 Å². The number of anilines is 2. The summed E-state index contributed by atoms with van der Waals surface area (Å²) in [5.41, 5.74) is 3.94. The molecule has 0 atom stereocenters. The third-order valence-corrected chi connectivity index (χ3v) is 6.35. The summed E-state index contributed by atoms with van der Waals surface area (Å²) in [5.74, 6) is -0.385. The molecule has 0 saturated carbocycles. The van der Waals surface area contributed by atoms with E-state index in [0.717, 1.165) is 11.3 Å². The summed E-state index contributed by atoms with van der Waals surface area (Å²) in [6, 6.07) is 14.8. The zero-order valence-electron chi connectivity index (χ0n) is 22.2. The summed E-state index contributed by atoms with van der Waals surface area (Å²) in [6.45, 7) is 1.56. The van der Waals surface area contributed by atoms with Crippen LogP contribution in [0.15, 0.2) is 88.8 Å². The van der Waals surface area contributed by atoms with E-state index in [9.17, 15) is 9.59 Å². The lowest BCUT2D eigenvalue weighted by molar-refractivity contribution is -0.253. The van der Waals surface area contributed by atoms with Gasteiger partial charge in [-0.25, -0.2) is 9.78 Å². The number of aromatic nitrogens is 1. The van der Waals surface area contributed by atoms with E-state index in [1.165, 1.54) is 9.58 Å². The number of hydrogen-bond acceptors (Lipinski definition) is 8. The second-order valence-electron chi connectivity index (χ2n) is 8.85. The Bertz CT molecular complexity index is 1620. The van der Waals surface area contributed by atoms with Crippen molar-refractivity contribution in [3.8, 4) is 0 Å². The minimum atomic E-state index is -0.385. The average Bonchev–Trinajstić information content (AvgIpc) is 3.31. The fourth-order valence-electron chi connectivity index (χ4n) is 4.24. The minimum Gasteiger partial charge on any atom is -0.388 e. The molecule has 4 rings (SSSR count). The van der Waals surface area contributed by atoms with Crippen LogP contribution in [-0.2, 0) is 22.9 Å². The predicted molar refractivity (Wildman–Crippen MR) is 153 cm³/mol. The van der Waals surface area contributed by atoms with Gasteiger partial charge in [-0.05, 0) is 54.0 Å². The van der Waals surface area contributed by atoms with E-state index in [1.54, 1.807) is 49.4 Å². The van der Waals surface area contributed by atoms with Crippen molar-refractivity contribution in [3.05, 3.63) is 122 Å². The zero-order chi connectivity index (χ0) is 28.5. The molecular weight excluding hydrogens is 512 g/mol. The predicted octanol–water partition coefficient (Wildman–Crippen LogP) is 3.48. The molecule has 1 aliphatic heterocycles. The van der Waals surface area contributed by atoms with Crippen LogP contribution in [0.2, 0.25) is 0 Å². The number of nitrogens with zero attached hydrogens (tertiary/aromatic N) is 3. The maximum atomic E-state index is 13.4. The molecule has 0 spiro atoms. The molecule has 40 heavy (non-hydrogen) atoms. The van der Waals surface area contributed by atoms with Gasteiger partial charge in [0.05, 0.1) is 17.8 Å². The molecule has 0 aliphatic carbocycles. The van der Waals surface area contributed by atoms with Gasteiger partial charge >= 0.3 is 0 Å². The van der Waals surface area contributed by atoms with Gasteiger partial charge in [0.1, 0.15) is 13.2 Å². The molecule has 1 amide bonds. The monoisotopic (exact) mass is 542 g/mol. The lowest BCUT2D eigenvalue weighted by Crippen LogP contribution is -2.46. The largest absolute Gasteiger partial charge is 0.388 e. The van der Waals surface area contributed by atoms with Gasteiger partial charge in [0.15, 0.2) is 5.49 Å². The highest BCUT2D eigenvalue weighted by atomic mass is 17.1. The number of hydrogen-bond donors (Lipinski definition) is 3. The first-order chi connectivity index (χ1) is 19.5. The van der Waals surface area contributed by atoms with Gasteiger partial charge in [-0.1, -0.05) is 60.7 Å². The van der Waals surface area contributed by atoms with E-state index in [-0.39, 0.29) is 36.7 Å². The summed E-state index contributed by atoms with van der Waals surface area (Å²) in [6.07, 6.45) is 12.8. The third kappa shape index (κ3) is 6.33. The molecule has 3 aromatic rings. The number of fused-ring (bicyclic) bond motifs is 1. The van der Waals surface area contributed by atoms with Crippen molar-refractivity contribution in [2.75, 3.05) is 24.0 Å². The van der Waals surface area contributed by atoms with E-state index < -0.39 is 0 Å². The topological polar surface area (TPSA) is 126 Å². The Morgan fingerprint density at radius 2 is 1.62 bits per heavy atom. The number of benzene rings is 2. The summed E-state index contributed by atoms with van der Waals surface area (Å²) >= 11 is 0. The average molecular weight is 543 g/mol. The molecule has 1 aliphatic rings. The van der Waals surface area contributed by atoms with Crippen LogP contribution in [0.3, 0.4) is 0 Å². The lowest BCUT2D eigenvalue weighted by atomic mass is 10.1. The number of nitrogens with one attached hydrogen (secondary N) is 1. The van der Waals surface area contributed by atoms with Gasteiger partial charge < -0.3 is 5.32 Å². The Hall–Kier alpha value is -4.61. The van der Waals surface area contributed by atoms with E-state index >= 15 is 0 Å². The Morgan fingerprint density at radius 1 is 0.925 bits per heavy atom. The maximum Gasteiger partial charge on any atom is 0.282 e. The van der Waals surface area contributed by atoms with Crippen molar-refractivity contribution in [2.45, 2.75) is 20.1 Å². The molecule has 10 heteroatoms. The molecule has 10 nitrogen and oxygen atoms in total. The maximum absolute atomic E-state index is 13.4. The van der Waals surface area contributed by atoms with Crippen LogP contribution in [0.25, 0.3) is 12.2 Å². The van der Waals surface area contributed by atoms with Crippen LogP contribution >= 0.6 is 0 Å². The Kier molecular flexibility index (Phi) is 9.55. The molecule has 206 valence electrons. The number of amides is 1. The number of carbonyl (C=O) groups is 1. The summed E-state index contributed by atoms with van der Waals surface area (Å²) in [4.78, 5) is 35.2. The molecule has 0 fully saturated rings. The quantitative estimate of drug-likeness (QED) is 0.192. The zero-order valence-corrected chi connectivity index (χ0v) is 22.2. The molecule has 3 N–H and O–H groups in total. The highest BCUT2D eigenvalue weighted by Gasteiger charge is 2.30. The smallest absolute Gasteiger partial charge is 0.282 e. The summed E-state index contributed by atoms with van der Waals surface area (Å²) in [5, 5.41) is 26.6. The van der Waals surface area contributed by atoms with Crippen LogP contribution in [0.5, 0.6) is 0 Å². The fraction of sp³-hybridized carbons (Fsp3) is 0.167. The van der Waals surface area contributed by atoms with Crippen molar-refractivity contribution in [2.24, 2.45) is 5.10 Å². The lowest BCUT2D eigenvalue weighted by Gasteiger charge is -2.12. The van der Waals surface area contributed by atoms with Gasteiger partial charge in [-0.15, -0.1) is 5.10 Å². The molecule has 2 heterocycles. The SMILES string of the molecule is CNc1ccc(/C=C/C=C/C=C\C=c2\c(C)c3c(n(CCOO)c2=O)=NN(c2ccc(COO)cc2)C3=O)cc1. The van der Waals surface area contributed by atoms with E-state index in [1.807, 2.05) is 55.6 Å². The Labute approximate surface area is 230 Å². The van der Waals surface area contributed by atoms with Gasteiger partial charge in [0.2, 0.25) is 0 Å². The normalized spacial score (nSPS) is 13.7. The van der Waals surface area contributed by atoms with Gasteiger partial charge in [0.25, 0.3) is 11.5 Å². The van der Waals surface area contributed by atoms with Crippen LogP contribution in [0, 0.1) is 6.92 Å². The van der Waals surface area contributed by atoms with Crippen LogP contribution in [0.1, 0.15) is 27.0 Å². The van der Waals surface area contributed by atoms with Gasteiger partial charge in [-0.2, -0.15) is 5.01 Å². The first kappa shape index (κ1) is 28.4. The van der Waals surface area contributed by atoms with Crippen molar-refractivity contribution >= 4 is 29.4 Å². The minimum absolute atomic E-state index is 0.000106. The second kappa shape index (κ2) is 13.5. The van der Waals surface area contributed by atoms with Gasteiger partial charge in [0, 0.05) is 18.0 Å². The molecule has 0 bridgehead atoms. The summed E-state index contributed by atoms with van der Waals surface area (Å²) < 4.78 is 1.32. The number of carbonyl (C=O) groups excluding carboxylic acids is 1. The van der Waals surface area contributed by atoms with Crippen molar-refractivity contribution in [3.63, 3.8) is 0 Å². The Morgan fingerprint density at radius 3 is 2.30 bits per heavy atom. The Balaban J connectivity index is 1.62. The third-order valence-electron chi connectivity index (χ3n) is 6.35. The first-order valence-electron chi connectivity index (χ1n) is 12.6. The number of rotatable bonds is 11. The van der Waals surface area contributed by atoms with Crippen molar-refractivity contribution in [1.82, 2.24) is 4.57 Å². The van der Waals surface area contributed by atoms with Crippen LogP contribution in [-0.4, -0.2) is 34.6 Å². The van der Waals surface area contributed by atoms with Crippen LogP contribution < -0.4 is 26.6 Å². The highest BCUT2D eigenvalue weighted by Crippen LogP contribution is 2.21. The van der Waals surface area contributed by atoms with Crippen molar-refractivity contribution < 1.29 is 25.1 Å². The number of allylic oxidation sites excluding steroid dienone is 5. The molecule has 2 aromatic carbocycles. The standard InChI is InChI=1S/C30H30N4O6/c1-21-26(9-7-5-3-4-6-8-22-10-14-24(31-2)15-11-22)29(35)33(18-19-39-37)28-27(21)30(36)34(32-28)25-16-12-23(13-17-25)20-40-38/h3-17,31,37-38H,18-20H2,1-2H3/b4-3+,7-5-,8-6+,26-9-. The summed E-state index contributed by atoms with van der Waals surface area (Å²) in [7, 11) is 1.87. The number of pyridine rings is 1. The fourth-order valence-corrected chi connectivity index (χ4v) is 4.24. The molecule has 0 unspecified atom stereocenters. The first-order valence-corrected chi connectivity index (χ1v) is 12.6. The molecule has 0 saturated heterocycles. The second-order valence-corrected chi connectivity index (χ2v) is 8.85. The van der Waals surface area contributed by atoms with Crippen LogP contribution in [0.4, 0.5) is 11.4 Å². The van der Waals surface area contributed by atoms with Gasteiger partial charge in [-0.3, -0.25) is 24.7 Å². The van der Waals surface area contributed by atoms with E-state index in [4.69, 9.17) is 10.5 Å². The molecular formula is C30H30N4O6. The van der Waals surface area contributed by atoms with Crippen molar-refractivity contribution in [1.29, 1.82) is 0 Å².